The third-order valence-electron chi connectivity index (χ3n) is 3.54. The molecule has 1 aromatic rings. The van der Waals surface area contributed by atoms with Crippen molar-refractivity contribution < 1.29 is 9.23 Å². The molecule has 2 rings (SSSR count). The molecule has 1 aliphatic rings. The van der Waals surface area contributed by atoms with Crippen LogP contribution in [0.15, 0.2) is 23.4 Å². The molecule has 0 aromatic heterocycles. The van der Waals surface area contributed by atoms with E-state index in [1.807, 2.05) is 0 Å². The smallest absolute Gasteiger partial charge is 0.153 e. The van der Waals surface area contributed by atoms with Crippen molar-refractivity contribution in [3.63, 3.8) is 0 Å². The van der Waals surface area contributed by atoms with Gasteiger partial charge in [-0.15, -0.1) is 0 Å². The Morgan fingerprint density at radius 1 is 1.29 bits per heavy atom. The van der Waals surface area contributed by atoms with E-state index in [0.29, 0.717) is 23.0 Å². The number of benzene rings is 1. The first-order valence-electron chi connectivity index (χ1n) is 7.26. The molecule has 21 heavy (non-hydrogen) atoms. The lowest BCUT2D eigenvalue weighted by atomic mass is 10.2. The fraction of sp³-hybridized carbons (Fsp3) is 0.533. The predicted octanol–water partition coefficient (Wildman–Crippen LogP) is 3.14. The van der Waals surface area contributed by atoms with Crippen molar-refractivity contribution in [3.8, 4) is 0 Å². The molecule has 1 heterocycles. The molecule has 0 bridgehead atoms. The molecule has 2 N–H and O–H groups in total. The predicted molar refractivity (Wildman–Crippen MR) is 82.7 cm³/mol. The van der Waals surface area contributed by atoms with Crippen molar-refractivity contribution in [2.24, 2.45) is 10.9 Å². The Morgan fingerprint density at radius 3 is 2.67 bits per heavy atom. The Labute approximate surface area is 129 Å². The summed E-state index contributed by atoms with van der Waals surface area (Å²) in [4.78, 5) is 7.40. The second-order valence-corrected chi connectivity index (χ2v) is 5.65. The third-order valence-corrected chi connectivity index (χ3v) is 3.89. The number of likely N-dealkylation sites (tertiary alicyclic amines) is 1. The van der Waals surface area contributed by atoms with E-state index >= 15 is 0 Å². The lowest BCUT2D eigenvalue weighted by molar-refractivity contribution is 0.126. The van der Waals surface area contributed by atoms with E-state index in [4.69, 9.17) is 22.2 Å². The quantitative estimate of drug-likeness (QED) is 0.516. The first-order chi connectivity index (χ1) is 10.2. The normalized spacial score (nSPS) is 17.5. The third kappa shape index (κ3) is 5.17. The first-order valence-corrected chi connectivity index (χ1v) is 7.64. The van der Waals surface area contributed by atoms with Crippen LogP contribution in [0.4, 0.5) is 4.39 Å². The van der Waals surface area contributed by atoms with Crippen LogP contribution in [0.5, 0.6) is 0 Å². The highest BCUT2D eigenvalue weighted by Crippen LogP contribution is 2.19. The summed E-state index contributed by atoms with van der Waals surface area (Å²) in [5.41, 5.74) is 6.15. The maximum absolute atomic E-state index is 13.5. The Bertz CT molecular complexity index is 468. The molecule has 116 valence electrons. The van der Waals surface area contributed by atoms with E-state index in [2.05, 4.69) is 10.1 Å². The van der Waals surface area contributed by atoms with Gasteiger partial charge in [0.2, 0.25) is 0 Å². The van der Waals surface area contributed by atoms with Gasteiger partial charge in [-0.2, -0.15) is 0 Å². The van der Waals surface area contributed by atoms with Crippen LogP contribution in [0, 0.1) is 5.82 Å². The van der Waals surface area contributed by atoms with Crippen molar-refractivity contribution in [2.75, 3.05) is 19.6 Å². The van der Waals surface area contributed by atoms with Gasteiger partial charge in [0.25, 0.3) is 0 Å². The molecule has 1 saturated heterocycles. The van der Waals surface area contributed by atoms with Crippen LogP contribution >= 0.6 is 11.6 Å². The van der Waals surface area contributed by atoms with E-state index in [1.165, 1.54) is 31.7 Å². The van der Waals surface area contributed by atoms with Gasteiger partial charge < -0.3 is 10.6 Å². The van der Waals surface area contributed by atoms with E-state index < -0.39 is 5.82 Å². The van der Waals surface area contributed by atoms with Crippen molar-refractivity contribution in [2.45, 2.75) is 32.3 Å². The molecule has 1 fully saturated rings. The van der Waals surface area contributed by atoms with Crippen LogP contribution in [0.3, 0.4) is 0 Å². The minimum Gasteiger partial charge on any atom is -0.389 e. The molecule has 0 spiro atoms. The first kappa shape index (κ1) is 16.0. The van der Waals surface area contributed by atoms with Gasteiger partial charge in [0.05, 0.1) is 11.6 Å². The second kappa shape index (κ2) is 8.20. The maximum atomic E-state index is 13.5. The van der Waals surface area contributed by atoms with Gasteiger partial charge >= 0.3 is 0 Å². The molecular weight excluding hydrogens is 293 g/mol. The summed E-state index contributed by atoms with van der Waals surface area (Å²) in [7, 11) is 0. The van der Waals surface area contributed by atoms with Crippen molar-refractivity contribution >= 4 is 17.4 Å². The van der Waals surface area contributed by atoms with E-state index in [9.17, 15) is 4.39 Å². The van der Waals surface area contributed by atoms with Crippen LogP contribution in [-0.2, 0) is 11.4 Å². The molecule has 0 amide bonds. The summed E-state index contributed by atoms with van der Waals surface area (Å²) >= 11 is 5.91. The van der Waals surface area contributed by atoms with Crippen LogP contribution < -0.4 is 5.73 Å². The second-order valence-electron chi connectivity index (χ2n) is 5.25. The highest BCUT2D eigenvalue weighted by molar-refractivity contribution is 6.31. The topological polar surface area (TPSA) is 50.8 Å². The Kier molecular flexibility index (Phi) is 6.26. The molecule has 0 aliphatic carbocycles. The molecular formula is C15H21ClFN3O. The largest absolute Gasteiger partial charge is 0.389 e. The maximum Gasteiger partial charge on any atom is 0.153 e. The summed E-state index contributed by atoms with van der Waals surface area (Å²) in [6, 6.07) is 4.51. The van der Waals surface area contributed by atoms with Crippen LogP contribution in [0.2, 0.25) is 5.02 Å². The Morgan fingerprint density at radius 2 is 2.00 bits per heavy atom. The average molecular weight is 314 g/mol. The molecule has 0 radical (unpaired) electrons. The van der Waals surface area contributed by atoms with Crippen LogP contribution in [0.25, 0.3) is 0 Å². The molecule has 0 unspecified atom stereocenters. The van der Waals surface area contributed by atoms with Gasteiger partial charge in [0.15, 0.2) is 5.84 Å². The fourth-order valence-corrected chi connectivity index (χ4v) is 2.62. The number of hydrogen-bond donors (Lipinski definition) is 1. The Hall–Kier alpha value is -1.33. The SMILES string of the molecule is NC(CN1CCCCCC1)=NOCc1c(F)cccc1Cl. The van der Waals surface area contributed by atoms with Crippen molar-refractivity contribution in [1.82, 2.24) is 4.90 Å². The van der Waals surface area contributed by atoms with E-state index in [1.54, 1.807) is 12.1 Å². The van der Waals surface area contributed by atoms with Gasteiger partial charge in [0.1, 0.15) is 12.4 Å². The highest BCUT2D eigenvalue weighted by atomic mass is 35.5. The number of nitrogens with zero attached hydrogens (tertiary/aromatic N) is 2. The monoisotopic (exact) mass is 313 g/mol. The molecule has 1 aliphatic heterocycles. The van der Waals surface area contributed by atoms with Gasteiger partial charge in [-0.05, 0) is 38.1 Å². The number of hydrogen-bond acceptors (Lipinski definition) is 3. The minimum absolute atomic E-state index is 0.0216. The number of nitrogens with two attached hydrogens (primary N) is 1. The number of rotatable bonds is 5. The minimum atomic E-state index is -0.399. The molecule has 6 heteroatoms. The van der Waals surface area contributed by atoms with Gasteiger partial charge in [-0.1, -0.05) is 35.7 Å². The Balaban J connectivity index is 1.83. The summed E-state index contributed by atoms with van der Waals surface area (Å²) in [6.07, 6.45) is 4.93. The zero-order chi connectivity index (χ0) is 15.1. The summed E-state index contributed by atoms with van der Waals surface area (Å²) in [6.45, 7) is 2.64. The van der Waals surface area contributed by atoms with Crippen LogP contribution in [-0.4, -0.2) is 30.4 Å². The van der Waals surface area contributed by atoms with Crippen molar-refractivity contribution in [1.29, 1.82) is 0 Å². The fourth-order valence-electron chi connectivity index (χ4n) is 2.40. The molecule has 0 saturated carbocycles. The lowest BCUT2D eigenvalue weighted by Crippen LogP contribution is -2.34. The van der Waals surface area contributed by atoms with E-state index in [0.717, 1.165) is 13.1 Å². The molecule has 0 atom stereocenters. The zero-order valence-corrected chi connectivity index (χ0v) is 12.8. The zero-order valence-electron chi connectivity index (χ0n) is 12.0. The van der Waals surface area contributed by atoms with E-state index in [-0.39, 0.29) is 6.61 Å². The standard InChI is InChI=1S/C15H21ClFN3O/c16-13-6-5-7-14(17)12(13)11-21-19-15(18)10-20-8-3-1-2-4-9-20/h5-7H,1-4,8-11H2,(H2,18,19). The molecule has 4 nitrogen and oxygen atoms in total. The number of amidine groups is 1. The summed E-state index contributed by atoms with van der Waals surface area (Å²) in [5.74, 6) is 0.00755. The number of halogens is 2. The van der Waals surface area contributed by atoms with Crippen molar-refractivity contribution in [3.05, 3.63) is 34.6 Å². The molecule has 1 aromatic carbocycles. The van der Waals surface area contributed by atoms with Gasteiger partial charge in [0, 0.05) is 5.56 Å². The lowest BCUT2D eigenvalue weighted by Gasteiger charge is -2.18. The van der Waals surface area contributed by atoms with Gasteiger partial charge in [-0.3, -0.25) is 4.90 Å². The summed E-state index contributed by atoms with van der Waals surface area (Å²) < 4.78 is 13.5. The number of oxime groups is 1. The average Bonchev–Trinajstić information content (AvgIpc) is 2.71. The van der Waals surface area contributed by atoms with Gasteiger partial charge in [-0.25, -0.2) is 4.39 Å². The highest BCUT2D eigenvalue weighted by Gasteiger charge is 2.11. The summed E-state index contributed by atoms with van der Waals surface area (Å²) in [5, 5.41) is 4.18. The van der Waals surface area contributed by atoms with Crippen LogP contribution in [0.1, 0.15) is 31.2 Å².